The first-order valence-corrected chi connectivity index (χ1v) is 5.20. The highest BCUT2D eigenvalue weighted by molar-refractivity contribution is 9.10. The Bertz CT molecular complexity index is 405. The first kappa shape index (κ1) is 11.1. The van der Waals surface area contributed by atoms with Gasteiger partial charge in [-0.2, -0.15) is 5.26 Å². The number of phenols is 1. The van der Waals surface area contributed by atoms with Gasteiger partial charge in [0.1, 0.15) is 11.8 Å². The first-order chi connectivity index (χ1) is 6.49. The van der Waals surface area contributed by atoms with Gasteiger partial charge in [-0.25, -0.2) is 0 Å². The minimum Gasteiger partial charge on any atom is -0.506 e. The van der Waals surface area contributed by atoms with Crippen molar-refractivity contribution >= 4 is 15.9 Å². The molecule has 0 spiro atoms. The van der Waals surface area contributed by atoms with Crippen molar-refractivity contribution in [3.8, 4) is 11.8 Å². The molecular formula is C11H12BrNO. The summed E-state index contributed by atoms with van der Waals surface area (Å²) in [5.74, 6) is 0.321. The van der Waals surface area contributed by atoms with E-state index < -0.39 is 0 Å². The van der Waals surface area contributed by atoms with Gasteiger partial charge in [-0.15, -0.1) is 0 Å². The second-order valence-electron chi connectivity index (χ2n) is 3.56. The van der Waals surface area contributed by atoms with E-state index in [4.69, 9.17) is 5.26 Å². The lowest BCUT2D eigenvalue weighted by molar-refractivity contribution is 0.462. The number of benzene rings is 1. The summed E-state index contributed by atoms with van der Waals surface area (Å²) in [5, 5.41) is 18.7. The average molecular weight is 254 g/mol. The Labute approximate surface area is 92.3 Å². The van der Waals surface area contributed by atoms with Crippen molar-refractivity contribution in [1.29, 1.82) is 5.26 Å². The second kappa shape index (κ2) is 4.02. The van der Waals surface area contributed by atoms with Crippen LogP contribution in [0.1, 0.15) is 36.5 Å². The van der Waals surface area contributed by atoms with E-state index in [-0.39, 0.29) is 11.7 Å². The van der Waals surface area contributed by atoms with Crippen molar-refractivity contribution in [3.63, 3.8) is 0 Å². The first-order valence-electron chi connectivity index (χ1n) is 4.41. The van der Waals surface area contributed by atoms with Crippen LogP contribution in [0.2, 0.25) is 0 Å². The van der Waals surface area contributed by atoms with Crippen LogP contribution < -0.4 is 0 Å². The van der Waals surface area contributed by atoms with E-state index in [1.165, 1.54) is 0 Å². The zero-order chi connectivity index (χ0) is 10.9. The quantitative estimate of drug-likeness (QED) is 0.833. The third-order valence-corrected chi connectivity index (χ3v) is 3.08. The van der Waals surface area contributed by atoms with Crippen LogP contribution in [0.15, 0.2) is 10.5 Å². The Balaban J connectivity index is 3.53. The molecule has 0 aliphatic carbocycles. The molecule has 0 amide bonds. The van der Waals surface area contributed by atoms with Crippen LogP contribution >= 0.6 is 15.9 Å². The highest BCUT2D eigenvalue weighted by atomic mass is 79.9. The molecule has 74 valence electrons. The van der Waals surface area contributed by atoms with Gasteiger partial charge in [0.2, 0.25) is 0 Å². The van der Waals surface area contributed by atoms with Crippen molar-refractivity contribution in [2.45, 2.75) is 26.7 Å². The fourth-order valence-electron chi connectivity index (χ4n) is 1.33. The molecule has 0 saturated carbocycles. The molecule has 0 heterocycles. The molecule has 2 nitrogen and oxygen atoms in total. The van der Waals surface area contributed by atoms with Crippen LogP contribution in [0.4, 0.5) is 0 Å². The standard InChI is InChI=1S/C11H12BrNO/c1-6(2)8-4-10(12)7(3)9(5-13)11(8)14/h4,6,14H,1-3H3. The molecule has 0 radical (unpaired) electrons. The summed E-state index contributed by atoms with van der Waals surface area (Å²) >= 11 is 3.38. The molecule has 1 aromatic rings. The van der Waals surface area contributed by atoms with E-state index in [0.717, 1.165) is 15.6 Å². The number of nitrogens with zero attached hydrogens (tertiary/aromatic N) is 1. The SMILES string of the molecule is Cc1c(Br)cc(C(C)C)c(O)c1C#N. The maximum Gasteiger partial charge on any atom is 0.137 e. The lowest BCUT2D eigenvalue weighted by Crippen LogP contribution is -1.94. The van der Waals surface area contributed by atoms with Gasteiger partial charge in [-0.3, -0.25) is 0 Å². The summed E-state index contributed by atoms with van der Waals surface area (Å²) < 4.78 is 0.871. The van der Waals surface area contributed by atoms with Gasteiger partial charge in [-0.1, -0.05) is 29.8 Å². The minimum absolute atomic E-state index is 0.114. The summed E-state index contributed by atoms with van der Waals surface area (Å²) in [6, 6.07) is 3.89. The molecule has 0 atom stereocenters. The van der Waals surface area contributed by atoms with Crippen LogP contribution in [0.5, 0.6) is 5.75 Å². The smallest absolute Gasteiger partial charge is 0.137 e. The van der Waals surface area contributed by atoms with Crippen LogP contribution in [0.3, 0.4) is 0 Å². The molecule has 1 N–H and O–H groups in total. The Hall–Kier alpha value is -1.01. The van der Waals surface area contributed by atoms with Crippen LogP contribution in [0, 0.1) is 18.3 Å². The Morgan fingerprint density at radius 3 is 2.50 bits per heavy atom. The van der Waals surface area contributed by atoms with Gasteiger partial charge in [-0.05, 0) is 30.0 Å². The summed E-state index contributed by atoms with van der Waals surface area (Å²) in [6.45, 7) is 5.78. The molecule has 0 saturated heterocycles. The van der Waals surface area contributed by atoms with Gasteiger partial charge < -0.3 is 5.11 Å². The molecule has 1 rings (SSSR count). The van der Waals surface area contributed by atoms with Gasteiger partial charge in [0.05, 0.1) is 5.56 Å². The second-order valence-corrected chi connectivity index (χ2v) is 4.42. The zero-order valence-corrected chi connectivity index (χ0v) is 10.0. The number of hydrogen-bond acceptors (Lipinski definition) is 2. The van der Waals surface area contributed by atoms with Gasteiger partial charge in [0, 0.05) is 4.47 Å². The molecule has 0 fully saturated rings. The Morgan fingerprint density at radius 2 is 2.07 bits per heavy atom. The van der Waals surface area contributed by atoms with Gasteiger partial charge >= 0.3 is 0 Å². The molecule has 0 aromatic heterocycles. The number of halogens is 1. The van der Waals surface area contributed by atoms with E-state index in [1.54, 1.807) is 0 Å². The number of nitriles is 1. The number of hydrogen-bond donors (Lipinski definition) is 1. The molecule has 3 heteroatoms. The van der Waals surface area contributed by atoms with Crippen molar-refractivity contribution in [1.82, 2.24) is 0 Å². The summed E-state index contributed by atoms with van der Waals surface area (Å²) in [5.41, 5.74) is 1.96. The lowest BCUT2D eigenvalue weighted by atomic mass is 9.97. The number of aromatic hydroxyl groups is 1. The van der Waals surface area contributed by atoms with E-state index in [9.17, 15) is 5.11 Å². The normalized spacial score (nSPS) is 10.3. The van der Waals surface area contributed by atoms with Crippen molar-refractivity contribution in [3.05, 3.63) is 27.2 Å². The molecule has 0 aliphatic rings. The Morgan fingerprint density at radius 1 is 1.50 bits per heavy atom. The topological polar surface area (TPSA) is 44.0 Å². The predicted octanol–water partition coefficient (Wildman–Crippen LogP) is 3.46. The third kappa shape index (κ3) is 1.76. The van der Waals surface area contributed by atoms with E-state index in [0.29, 0.717) is 5.56 Å². The van der Waals surface area contributed by atoms with Crippen molar-refractivity contribution in [2.24, 2.45) is 0 Å². The number of phenolic OH excluding ortho intramolecular Hbond substituents is 1. The maximum atomic E-state index is 9.82. The van der Waals surface area contributed by atoms with Gasteiger partial charge in [0.25, 0.3) is 0 Å². The van der Waals surface area contributed by atoms with Crippen LogP contribution in [-0.2, 0) is 0 Å². The number of rotatable bonds is 1. The van der Waals surface area contributed by atoms with Crippen LogP contribution in [0.25, 0.3) is 0 Å². The predicted molar refractivity (Wildman–Crippen MR) is 59.3 cm³/mol. The molecule has 0 unspecified atom stereocenters. The third-order valence-electron chi connectivity index (χ3n) is 2.26. The monoisotopic (exact) mass is 253 g/mol. The highest BCUT2D eigenvalue weighted by Crippen LogP contribution is 2.35. The van der Waals surface area contributed by atoms with E-state index in [1.807, 2.05) is 32.9 Å². The molecular weight excluding hydrogens is 242 g/mol. The Kier molecular flexibility index (Phi) is 3.17. The molecule has 1 aromatic carbocycles. The van der Waals surface area contributed by atoms with E-state index >= 15 is 0 Å². The van der Waals surface area contributed by atoms with Crippen molar-refractivity contribution < 1.29 is 5.11 Å². The maximum absolute atomic E-state index is 9.82. The summed E-state index contributed by atoms with van der Waals surface area (Å²) in [6.07, 6.45) is 0. The summed E-state index contributed by atoms with van der Waals surface area (Å²) in [4.78, 5) is 0. The zero-order valence-electron chi connectivity index (χ0n) is 8.43. The minimum atomic E-state index is 0.114. The molecule has 0 aliphatic heterocycles. The highest BCUT2D eigenvalue weighted by Gasteiger charge is 2.15. The average Bonchev–Trinajstić information content (AvgIpc) is 2.12. The fourth-order valence-corrected chi connectivity index (χ4v) is 1.78. The van der Waals surface area contributed by atoms with Crippen molar-refractivity contribution in [2.75, 3.05) is 0 Å². The molecule has 0 bridgehead atoms. The fraction of sp³-hybridized carbons (Fsp3) is 0.364. The summed E-state index contributed by atoms with van der Waals surface area (Å²) in [7, 11) is 0. The van der Waals surface area contributed by atoms with Gasteiger partial charge in [0.15, 0.2) is 0 Å². The largest absolute Gasteiger partial charge is 0.506 e. The van der Waals surface area contributed by atoms with Crippen LogP contribution in [-0.4, -0.2) is 5.11 Å². The lowest BCUT2D eigenvalue weighted by Gasteiger charge is -2.12. The van der Waals surface area contributed by atoms with E-state index in [2.05, 4.69) is 15.9 Å². The molecule has 14 heavy (non-hydrogen) atoms.